The summed E-state index contributed by atoms with van der Waals surface area (Å²) in [7, 11) is 1.33. The maximum atomic E-state index is 12.6. The van der Waals surface area contributed by atoms with E-state index in [0.29, 0.717) is 0 Å². The maximum absolute atomic E-state index is 12.6. The van der Waals surface area contributed by atoms with Crippen molar-refractivity contribution in [1.82, 2.24) is 0 Å². The molecule has 0 radical (unpaired) electrons. The molecule has 2 aliphatic rings. The van der Waals surface area contributed by atoms with Gasteiger partial charge in [0.1, 0.15) is 76.9 Å². The molecule has 8 N–H and O–H groups in total. The van der Waals surface area contributed by atoms with Crippen LogP contribution in [0.1, 0.15) is 12.7 Å². The third-order valence-corrected chi connectivity index (χ3v) is 7.51. The Morgan fingerprint density at radius 3 is 2.12 bits per heavy atom. The number of hydrogen-bond acceptors (Lipinski definition) is 15. The minimum absolute atomic E-state index is 0.0109. The standard InChI is InChI=1S/C27H32O15/c1-8-4-11-16(25(36)39-8)20(31)15-12(18(11)29)5-10(37-3)6-13(15)41-27-24(35)22(33)19(30)14(42-27)7-38-26-23(34)21(32)17(28)9(2)40-26/h4-6,9,14,17,19,21-24,26-35H,7H2,1-3H3/t9-,14+,17-,19+,21+,22-,23+,24+,26+,27+/m0/s1. The van der Waals surface area contributed by atoms with Gasteiger partial charge in [0.15, 0.2) is 6.29 Å². The Bertz CT molecular complexity index is 1520. The molecule has 3 heterocycles. The third kappa shape index (κ3) is 5.12. The molecule has 5 rings (SSSR count). The number of hydrogen-bond donors (Lipinski definition) is 8. The molecule has 15 nitrogen and oxygen atoms in total. The minimum atomic E-state index is -1.84. The summed E-state index contributed by atoms with van der Waals surface area (Å²) < 4.78 is 32.7. The van der Waals surface area contributed by atoms with E-state index in [2.05, 4.69) is 0 Å². The second-order valence-electron chi connectivity index (χ2n) is 10.3. The van der Waals surface area contributed by atoms with E-state index >= 15 is 0 Å². The van der Waals surface area contributed by atoms with Gasteiger partial charge in [0.25, 0.3) is 0 Å². The Morgan fingerprint density at radius 1 is 0.786 bits per heavy atom. The number of aryl methyl sites for hydroxylation is 1. The smallest absolute Gasteiger partial charge is 0.347 e. The average molecular weight is 597 g/mol. The Morgan fingerprint density at radius 2 is 1.43 bits per heavy atom. The molecule has 0 spiro atoms. The van der Waals surface area contributed by atoms with Crippen molar-refractivity contribution in [3.8, 4) is 23.0 Å². The van der Waals surface area contributed by atoms with E-state index in [1.54, 1.807) is 0 Å². The van der Waals surface area contributed by atoms with Crippen LogP contribution >= 0.6 is 0 Å². The van der Waals surface area contributed by atoms with Crippen molar-refractivity contribution < 1.29 is 69.0 Å². The monoisotopic (exact) mass is 596 g/mol. The SMILES string of the molecule is COc1cc(O[C@@H]2O[C@H](CO[C@@H]3O[C@@H](C)[C@H](O)[C@@H](O)[C@H]3O)[C@@H](O)[C@H](O)[C@H]2O)c2c(O)c3c(=O)oc(C)cc3c(O)c2c1. The van der Waals surface area contributed by atoms with Crippen molar-refractivity contribution in [2.75, 3.05) is 13.7 Å². The predicted octanol–water partition coefficient (Wildman–Crippen LogP) is -1.30. The molecule has 10 atom stereocenters. The lowest BCUT2D eigenvalue weighted by molar-refractivity contribution is -0.318. The van der Waals surface area contributed by atoms with Crippen LogP contribution in [0.4, 0.5) is 0 Å². The van der Waals surface area contributed by atoms with E-state index < -0.39 is 85.1 Å². The number of rotatable bonds is 6. The van der Waals surface area contributed by atoms with Crippen LogP contribution in [0.3, 0.4) is 0 Å². The molecule has 0 amide bonds. The molecule has 2 aromatic carbocycles. The number of aliphatic hydroxyl groups excluding tert-OH is 6. The lowest BCUT2D eigenvalue weighted by Crippen LogP contribution is -2.61. The van der Waals surface area contributed by atoms with E-state index in [-0.39, 0.29) is 38.8 Å². The van der Waals surface area contributed by atoms with E-state index in [4.69, 9.17) is 28.1 Å². The summed E-state index contributed by atoms with van der Waals surface area (Å²) in [5.41, 5.74) is -0.926. The fourth-order valence-corrected chi connectivity index (χ4v) is 5.14. The molecule has 230 valence electrons. The van der Waals surface area contributed by atoms with Gasteiger partial charge < -0.3 is 69.0 Å². The van der Waals surface area contributed by atoms with Crippen LogP contribution in [0.25, 0.3) is 21.5 Å². The van der Waals surface area contributed by atoms with Gasteiger partial charge >= 0.3 is 5.63 Å². The molecule has 0 saturated carbocycles. The van der Waals surface area contributed by atoms with Gasteiger partial charge in [-0.2, -0.15) is 0 Å². The molecule has 3 aromatic rings. The molecular weight excluding hydrogens is 564 g/mol. The van der Waals surface area contributed by atoms with Gasteiger partial charge in [-0.1, -0.05) is 0 Å². The molecule has 42 heavy (non-hydrogen) atoms. The number of phenolic OH excluding ortho intramolecular Hbond substituents is 2. The van der Waals surface area contributed by atoms with Gasteiger partial charge in [-0.25, -0.2) is 4.79 Å². The molecule has 0 bridgehead atoms. The first-order valence-electron chi connectivity index (χ1n) is 13.0. The summed E-state index contributed by atoms with van der Waals surface area (Å²) in [5.74, 6) is -0.893. The first-order valence-corrected chi connectivity index (χ1v) is 13.0. The van der Waals surface area contributed by atoms with Gasteiger partial charge in [-0.05, 0) is 26.0 Å². The largest absolute Gasteiger partial charge is 0.507 e. The second kappa shape index (κ2) is 11.4. The Balaban J connectivity index is 1.47. The second-order valence-corrected chi connectivity index (χ2v) is 10.3. The highest BCUT2D eigenvalue weighted by Crippen LogP contribution is 2.47. The zero-order valence-corrected chi connectivity index (χ0v) is 22.6. The van der Waals surface area contributed by atoms with Crippen LogP contribution in [-0.4, -0.2) is 116 Å². The Labute approximate surface area is 237 Å². The number of phenols is 2. The topological polar surface area (TPSA) is 238 Å². The van der Waals surface area contributed by atoms with Crippen molar-refractivity contribution in [1.29, 1.82) is 0 Å². The molecular formula is C27H32O15. The quantitative estimate of drug-likeness (QED) is 0.122. The van der Waals surface area contributed by atoms with Gasteiger partial charge in [-0.15, -0.1) is 0 Å². The lowest BCUT2D eigenvalue weighted by atomic mass is 9.98. The summed E-state index contributed by atoms with van der Waals surface area (Å²) in [4.78, 5) is 12.6. The zero-order chi connectivity index (χ0) is 30.6. The summed E-state index contributed by atoms with van der Waals surface area (Å²) in [6.07, 6.45) is -15.4. The first-order chi connectivity index (χ1) is 19.8. The van der Waals surface area contributed by atoms with Crippen molar-refractivity contribution in [2.24, 2.45) is 0 Å². The summed E-state index contributed by atoms with van der Waals surface area (Å²) in [6, 6.07) is 4.04. The van der Waals surface area contributed by atoms with Crippen molar-refractivity contribution in [3.63, 3.8) is 0 Å². The number of ether oxygens (including phenoxy) is 5. The van der Waals surface area contributed by atoms with E-state index in [9.17, 15) is 45.6 Å². The van der Waals surface area contributed by atoms with Gasteiger partial charge in [0, 0.05) is 16.8 Å². The van der Waals surface area contributed by atoms with Crippen LogP contribution in [0.15, 0.2) is 27.4 Å². The third-order valence-electron chi connectivity index (χ3n) is 7.51. The highest BCUT2D eigenvalue weighted by atomic mass is 16.7. The first kappa shape index (κ1) is 30.2. The van der Waals surface area contributed by atoms with E-state index in [0.717, 1.165) is 0 Å². The molecule has 2 fully saturated rings. The molecule has 0 aliphatic carbocycles. The van der Waals surface area contributed by atoms with Crippen LogP contribution in [-0.2, 0) is 14.2 Å². The highest BCUT2D eigenvalue weighted by molar-refractivity contribution is 6.12. The summed E-state index contributed by atoms with van der Waals surface area (Å²) in [6.45, 7) is 2.42. The van der Waals surface area contributed by atoms with Crippen LogP contribution < -0.4 is 15.1 Å². The van der Waals surface area contributed by atoms with Gasteiger partial charge in [-0.3, -0.25) is 0 Å². The van der Waals surface area contributed by atoms with Crippen molar-refractivity contribution >= 4 is 21.5 Å². The van der Waals surface area contributed by atoms with Crippen molar-refractivity contribution in [3.05, 3.63) is 34.4 Å². The average Bonchev–Trinajstić information content (AvgIpc) is 2.95. The van der Waals surface area contributed by atoms with Crippen LogP contribution in [0.2, 0.25) is 0 Å². The number of methoxy groups -OCH3 is 1. The minimum Gasteiger partial charge on any atom is -0.507 e. The summed E-state index contributed by atoms with van der Waals surface area (Å²) >= 11 is 0. The molecule has 1 aromatic heterocycles. The Hall–Kier alpha value is -3.25. The molecule has 0 unspecified atom stereocenters. The maximum Gasteiger partial charge on any atom is 0.347 e. The Kier molecular flexibility index (Phi) is 8.23. The molecule has 2 aliphatic heterocycles. The van der Waals surface area contributed by atoms with Crippen LogP contribution in [0.5, 0.6) is 23.0 Å². The number of fused-ring (bicyclic) bond motifs is 2. The normalized spacial score (nSPS) is 33.6. The number of aromatic hydroxyl groups is 2. The number of aliphatic hydroxyl groups is 6. The molecule has 2 saturated heterocycles. The zero-order valence-electron chi connectivity index (χ0n) is 22.6. The number of benzene rings is 2. The predicted molar refractivity (Wildman–Crippen MR) is 140 cm³/mol. The fourth-order valence-electron chi connectivity index (χ4n) is 5.14. The van der Waals surface area contributed by atoms with Gasteiger partial charge in [0.2, 0.25) is 6.29 Å². The summed E-state index contributed by atoms with van der Waals surface area (Å²) in [5, 5.41) is 83.6. The molecule has 15 heteroatoms. The van der Waals surface area contributed by atoms with Crippen LogP contribution in [0, 0.1) is 6.92 Å². The lowest BCUT2D eigenvalue weighted by Gasteiger charge is -2.42. The van der Waals surface area contributed by atoms with Gasteiger partial charge in [0.05, 0.1) is 25.2 Å². The van der Waals surface area contributed by atoms with E-state index in [1.165, 1.54) is 39.2 Å². The van der Waals surface area contributed by atoms with Crippen molar-refractivity contribution in [2.45, 2.75) is 75.3 Å². The fraction of sp³-hybridized carbons (Fsp3) is 0.519. The van der Waals surface area contributed by atoms with E-state index in [1.807, 2.05) is 0 Å². The highest BCUT2D eigenvalue weighted by Gasteiger charge is 2.47.